The molecule has 144 valence electrons. The summed E-state index contributed by atoms with van der Waals surface area (Å²) in [7, 11) is 3.37. The molecule has 1 aliphatic heterocycles. The zero-order valence-electron chi connectivity index (χ0n) is 16.0. The normalized spacial score (nSPS) is 16.6. The Labute approximate surface area is 164 Å². The van der Waals surface area contributed by atoms with Gasteiger partial charge in [0, 0.05) is 25.9 Å². The average molecular weight is 377 g/mol. The van der Waals surface area contributed by atoms with Gasteiger partial charge in [-0.3, -0.25) is 4.79 Å². The first-order valence-corrected chi connectivity index (χ1v) is 9.32. The zero-order valence-corrected chi connectivity index (χ0v) is 16.0. The van der Waals surface area contributed by atoms with Gasteiger partial charge in [-0.15, -0.1) is 0 Å². The first kappa shape index (κ1) is 18.2. The summed E-state index contributed by atoms with van der Waals surface area (Å²) in [5.74, 6) is 1.69. The van der Waals surface area contributed by atoms with Crippen molar-refractivity contribution in [2.75, 3.05) is 27.3 Å². The third-order valence-electron chi connectivity index (χ3n) is 5.23. The molecule has 0 saturated carbocycles. The lowest BCUT2D eigenvalue weighted by Gasteiger charge is -2.15. The Kier molecular flexibility index (Phi) is 4.82. The van der Waals surface area contributed by atoms with Crippen molar-refractivity contribution in [3.8, 4) is 28.4 Å². The molecule has 0 radical (unpaired) electrons. The van der Waals surface area contributed by atoms with Gasteiger partial charge in [-0.1, -0.05) is 30.3 Å². The van der Waals surface area contributed by atoms with Gasteiger partial charge in [0.1, 0.15) is 5.75 Å². The van der Waals surface area contributed by atoms with Gasteiger partial charge in [-0.2, -0.15) is 0 Å². The highest BCUT2D eigenvalue weighted by molar-refractivity contribution is 5.98. The minimum Gasteiger partial charge on any atom is -0.504 e. The van der Waals surface area contributed by atoms with Crippen LogP contribution < -0.4 is 9.47 Å². The summed E-state index contributed by atoms with van der Waals surface area (Å²) < 4.78 is 11.3. The maximum Gasteiger partial charge on any atom is 0.222 e. The molecule has 0 aromatic heterocycles. The lowest BCUT2D eigenvalue weighted by Crippen LogP contribution is -2.20. The number of methoxy groups -OCH3 is 1. The lowest BCUT2D eigenvalue weighted by molar-refractivity contribution is -0.126. The van der Waals surface area contributed by atoms with Crippen LogP contribution in [0.3, 0.4) is 0 Å². The highest BCUT2D eigenvalue weighted by atomic mass is 16.5. The van der Waals surface area contributed by atoms with E-state index in [1.165, 1.54) is 7.11 Å². The Bertz CT molecular complexity index is 1030. The fourth-order valence-electron chi connectivity index (χ4n) is 3.73. The molecule has 5 nitrogen and oxygen atoms in total. The Morgan fingerprint density at radius 2 is 1.96 bits per heavy atom. The second-order valence-electron chi connectivity index (χ2n) is 7.23. The summed E-state index contributed by atoms with van der Waals surface area (Å²) in [5, 5.41) is 12.1. The Hall–Kier alpha value is -3.21. The average Bonchev–Trinajstić information content (AvgIpc) is 3.03. The number of ether oxygens (including phenoxy) is 2. The van der Waals surface area contributed by atoms with Gasteiger partial charge < -0.3 is 19.5 Å². The largest absolute Gasteiger partial charge is 0.504 e. The minimum absolute atomic E-state index is 0.109. The van der Waals surface area contributed by atoms with E-state index in [-0.39, 0.29) is 17.6 Å². The molecule has 28 heavy (non-hydrogen) atoms. The molecule has 1 amide bonds. The zero-order chi connectivity index (χ0) is 19.7. The molecule has 4 rings (SSSR count). The van der Waals surface area contributed by atoms with Crippen molar-refractivity contribution in [3.05, 3.63) is 54.6 Å². The van der Waals surface area contributed by atoms with Crippen LogP contribution in [0.25, 0.3) is 21.9 Å². The van der Waals surface area contributed by atoms with Gasteiger partial charge in [0.25, 0.3) is 0 Å². The maximum absolute atomic E-state index is 11.7. The number of nitrogens with zero attached hydrogens (tertiary/aromatic N) is 1. The van der Waals surface area contributed by atoms with Gasteiger partial charge in [0.2, 0.25) is 5.91 Å². The summed E-state index contributed by atoms with van der Waals surface area (Å²) in [6.45, 7) is 1.24. The molecule has 1 fully saturated rings. The predicted molar refractivity (Wildman–Crippen MR) is 109 cm³/mol. The smallest absolute Gasteiger partial charge is 0.222 e. The molecule has 5 heteroatoms. The number of likely N-dealkylation sites (tertiary alicyclic amines) is 1. The van der Waals surface area contributed by atoms with E-state index in [0.29, 0.717) is 18.8 Å². The van der Waals surface area contributed by atoms with Gasteiger partial charge in [-0.05, 0) is 46.2 Å². The molecular formula is C23H23NO4. The van der Waals surface area contributed by atoms with Crippen molar-refractivity contribution in [3.63, 3.8) is 0 Å². The monoisotopic (exact) mass is 377 g/mol. The molecule has 3 aromatic rings. The maximum atomic E-state index is 11.7. The van der Waals surface area contributed by atoms with E-state index in [2.05, 4.69) is 12.1 Å². The topological polar surface area (TPSA) is 59.0 Å². The van der Waals surface area contributed by atoms with Gasteiger partial charge in [0.05, 0.1) is 13.7 Å². The first-order valence-electron chi connectivity index (χ1n) is 9.32. The minimum atomic E-state index is 0.109. The number of benzene rings is 3. The number of phenolic OH excluding ortho intramolecular Hbond substituents is 1. The van der Waals surface area contributed by atoms with Crippen LogP contribution in [0.2, 0.25) is 0 Å². The molecule has 0 aliphatic carbocycles. The number of carbonyl (C=O) groups excluding carboxylic acids is 1. The summed E-state index contributed by atoms with van der Waals surface area (Å²) >= 11 is 0. The molecule has 1 atom stereocenters. The highest BCUT2D eigenvalue weighted by Gasteiger charge is 2.27. The molecule has 0 bridgehead atoms. The van der Waals surface area contributed by atoms with Crippen LogP contribution in [0.4, 0.5) is 0 Å². The number of phenols is 1. The van der Waals surface area contributed by atoms with Crippen LogP contribution in [0.15, 0.2) is 54.6 Å². The SMILES string of the molecule is COc1cc(-c2cc(OCC3CC(=O)N(C)C3)cc3ccccc23)ccc1O. The molecule has 1 saturated heterocycles. The molecule has 3 aromatic carbocycles. The predicted octanol–water partition coefficient (Wildman–Crippen LogP) is 4.08. The van der Waals surface area contributed by atoms with E-state index in [1.54, 1.807) is 11.0 Å². The van der Waals surface area contributed by atoms with E-state index < -0.39 is 0 Å². The lowest BCUT2D eigenvalue weighted by atomic mass is 9.97. The van der Waals surface area contributed by atoms with Crippen molar-refractivity contribution in [2.24, 2.45) is 5.92 Å². The van der Waals surface area contributed by atoms with Crippen LogP contribution in [-0.4, -0.2) is 43.2 Å². The first-order chi connectivity index (χ1) is 13.5. The number of hydrogen-bond donors (Lipinski definition) is 1. The number of fused-ring (bicyclic) bond motifs is 1. The number of hydrogen-bond acceptors (Lipinski definition) is 4. The van der Waals surface area contributed by atoms with E-state index in [4.69, 9.17) is 9.47 Å². The summed E-state index contributed by atoms with van der Waals surface area (Å²) in [5.41, 5.74) is 1.94. The molecular weight excluding hydrogens is 354 g/mol. The Morgan fingerprint density at radius 3 is 2.71 bits per heavy atom. The Morgan fingerprint density at radius 1 is 1.14 bits per heavy atom. The van der Waals surface area contributed by atoms with Crippen molar-refractivity contribution in [1.82, 2.24) is 4.90 Å². The quantitative estimate of drug-likeness (QED) is 0.728. The van der Waals surface area contributed by atoms with Gasteiger partial charge >= 0.3 is 0 Å². The Balaban J connectivity index is 1.69. The van der Waals surface area contributed by atoms with Crippen molar-refractivity contribution >= 4 is 16.7 Å². The number of amides is 1. The van der Waals surface area contributed by atoms with Crippen molar-refractivity contribution in [1.29, 1.82) is 0 Å². The second kappa shape index (κ2) is 7.43. The van der Waals surface area contributed by atoms with Crippen LogP contribution in [0.5, 0.6) is 17.2 Å². The van der Waals surface area contributed by atoms with Crippen LogP contribution in [0.1, 0.15) is 6.42 Å². The molecule has 1 heterocycles. The fraction of sp³-hybridized carbons (Fsp3) is 0.261. The van der Waals surface area contributed by atoms with Crippen molar-refractivity contribution in [2.45, 2.75) is 6.42 Å². The van der Waals surface area contributed by atoms with E-state index in [0.717, 1.165) is 34.2 Å². The standard InChI is InChI=1S/C23H23NO4/c1-24-13-15(9-23(24)26)14-28-18-10-16-5-3-4-6-19(16)20(12-18)17-7-8-21(25)22(11-17)27-2/h3-8,10-12,15,25H,9,13-14H2,1-2H3. The highest BCUT2D eigenvalue weighted by Crippen LogP contribution is 2.37. The summed E-state index contributed by atoms with van der Waals surface area (Å²) in [6.07, 6.45) is 0.534. The van der Waals surface area contributed by atoms with Crippen LogP contribution >= 0.6 is 0 Å². The van der Waals surface area contributed by atoms with Crippen molar-refractivity contribution < 1.29 is 19.4 Å². The van der Waals surface area contributed by atoms with Crippen LogP contribution in [-0.2, 0) is 4.79 Å². The molecule has 1 aliphatic rings. The van der Waals surface area contributed by atoms with Gasteiger partial charge in [0.15, 0.2) is 11.5 Å². The summed E-state index contributed by atoms with van der Waals surface area (Å²) in [4.78, 5) is 13.5. The second-order valence-corrected chi connectivity index (χ2v) is 7.23. The summed E-state index contributed by atoms with van der Waals surface area (Å²) in [6, 6.07) is 17.5. The van der Waals surface area contributed by atoms with E-state index in [9.17, 15) is 9.90 Å². The van der Waals surface area contributed by atoms with Crippen LogP contribution in [0, 0.1) is 5.92 Å². The number of rotatable bonds is 5. The van der Waals surface area contributed by atoms with E-state index in [1.807, 2.05) is 43.4 Å². The molecule has 1 N–H and O–H groups in total. The molecule has 0 spiro atoms. The third-order valence-corrected chi connectivity index (χ3v) is 5.23. The third kappa shape index (κ3) is 3.48. The van der Waals surface area contributed by atoms with Gasteiger partial charge in [-0.25, -0.2) is 0 Å². The number of carbonyl (C=O) groups is 1. The molecule has 1 unspecified atom stereocenters. The fourth-order valence-corrected chi connectivity index (χ4v) is 3.73. The number of aromatic hydroxyl groups is 1. The van der Waals surface area contributed by atoms with E-state index >= 15 is 0 Å².